The van der Waals surface area contributed by atoms with E-state index in [1.807, 2.05) is 0 Å². The maximum absolute atomic E-state index is 10.8. The van der Waals surface area contributed by atoms with Crippen LogP contribution in [0.25, 0.3) is 0 Å². The van der Waals surface area contributed by atoms with Crippen LogP contribution >= 0.6 is 0 Å². The van der Waals surface area contributed by atoms with E-state index < -0.39 is 11.7 Å². The summed E-state index contributed by atoms with van der Waals surface area (Å²) >= 11 is 0. The van der Waals surface area contributed by atoms with Crippen LogP contribution < -0.4 is 21.7 Å². The molecule has 0 aliphatic rings. The maximum atomic E-state index is 10.8. The number of nitrogens with two attached hydrogens (primary N) is 2. The third-order valence-electron chi connectivity index (χ3n) is 2.56. The second kappa shape index (κ2) is 7.44. The van der Waals surface area contributed by atoms with Crippen molar-refractivity contribution in [3.05, 3.63) is 65.7 Å². The molecule has 0 aliphatic carbocycles. The third-order valence-corrected chi connectivity index (χ3v) is 2.56. The quantitative estimate of drug-likeness (QED) is 0.202. The number of carboxylic acid groups (broad SMARTS) is 1. The summed E-state index contributed by atoms with van der Waals surface area (Å²) in [6.07, 6.45) is 4.64. The molecule has 6 N–H and O–H groups in total. The second-order valence-electron chi connectivity index (χ2n) is 4.16. The minimum Gasteiger partial charge on any atom is -0.476 e. The minimum atomic E-state index is -1.35. The first-order valence-corrected chi connectivity index (χ1v) is 6.35. The zero-order chi connectivity index (χ0) is 16.7. The van der Waals surface area contributed by atoms with Crippen molar-refractivity contribution in [2.24, 2.45) is 11.6 Å². The summed E-state index contributed by atoms with van der Waals surface area (Å²) in [7, 11) is 0. The first kappa shape index (κ1) is 15.8. The van der Waals surface area contributed by atoms with E-state index in [1.54, 1.807) is 42.9 Å². The fraction of sp³-hybridized carbons (Fsp3) is 0. The molecule has 0 atom stereocenters. The number of carbonyl (C=O) groups is 1. The molecule has 8 nitrogen and oxygen atoms in total. The number of benzene rings is 1. The molecular formula is C15H13N5O3. The lowest BCUT2D eigenvalue weighted by Crippen LogP contribution is -2.31. The van der Waals surface area contributed by atoms with E-state index in [4.69, 9.17) is 21.4 Å². The molecular weight excluding hydrogens is 298 g/mol. The molecule has 0 spiro atoms. The van der Waals surface area contributed by atoms with E-state index in [1.165, 1.54) is 0 Å². The summed E-state index contributed by atoms with van der Waals surface area (Å²) in [5.74, 6) is 9.67. The number of hydrogen-bond acceptors (Lipinski definition) is 7. The Balaban J connectivity index is 2.22. The SMILES string of the molecule is NN/C(Oc1cccc(C#Cc2cnccn2)c1)=C(\N)C(=O)O. The highest BCUT2D eigenvalue weighted by Gasteiger charge is 2.12. The van der Waals surface area contributed by atoms with Crippen LogP contribution in [0.5, 0.6) is 5.75 Å². The topological polar surface area (TPSA) is 136 Å². The van der Waals surface area contributed by atoms with E-state index in [9.17, 15) is 4.79 Å². The summed E-state index contributed by atoms with van der Waals surface area (Å²) in [4.78, 5) is 18.8. The number of hydrazine groups is 1. The van der Waals surface area contributed by atoms with Crippen molar-refractivity contribution < 1.29 is 14.6 Å². The van der Waals surface area contributed by atoms with Gasteiger partial charge in [-0.05, 0) is 24.1 Å². The molecule has 23 heavy (non-hydrogen) atoms. The molecule has 0 unspecified atom stereocenters. The van der Waals surface area contributed by atoms with E-state index >= 15 is 0 Å². The van der Waals surface area contributed by atoms with Gasteiger partial charge < -0.3 is 15.6 Å². The third kappa shape index (κ3) is 4.45. The summed E-state index contributed by atoms with van der Waals surface area (Å²) in [5, 5.41) is 8.83. The van der Waals surface area contributed by atoms with Crippen molar-refractivity contribution in [2.75, 3.05) is 0 Å². The molecule has 0 fully saturated rings. The predicted octanol–water partition coefficient (Wildman–Crippen LogP) is -0.0691. The van der Waals surface area contributed by atoms with Crippen molar-refractivity contribution in [2.45, 2.75) is 0 Å². The summed E-state index contributed by atoms with van der Waals surface area (Å²) in [6, 6.07) is 6.67. The number of hydrogen-bond donors (Lipinski definition) is 4. The normalized spacial score (nSPS) is 10.8. The molecule has 0 radical (unpaired) electrons. The molecule has 0 amide bonds. The van der Waals surface area contributed by atoms with Gasteiger partial charge in [0.25, 0.3) is 0 Å². The molecule has 1 heterocycles. The molecule has 1 aromatic carbocycles. The number of ether oxygens (including phenoxy) is 1. The Morgan fingerprint density at radius 3 is 2.78 bits per heavy atom. The minimum absolute atomic E-state index is 0.267. The maximum Gasteiger partial charge on any atom is 0.357 e. The van der Waals surface area contributed by atoms with Gasteiger partial charge in [-0.1, -0.05) is 12.0 Å². The molecule has 116 valence electrons. The standard InChI is InChI=1S/C15H13N5O3/c16-13(15(21)22)14(20-17)23-12-3-1-2-10(8-12)4-5-11-9-18-6-7-19-11/h1-3,6-9,20H,16-17H2,(H,21,22)/b14-13+. The zero-order valence-electron chi connectivity index (χ0n) is 11.9. The first-order chi connectivity index (χ1) is 11.1. The largest absolute Gasteiger partial charge is 0.476 e. The lowest BCUT2D eigenvalue weighted by atomic mass is 10.2. The Hall–Kier alpha value is -3.57. The van der Waals surface area contributed by atoms with Gasteiger partial charge in [-0.15, -0.1) is 0 Å². The molecule has 2 aromatic rings. The van der Waals surface area contributed by atoms with Gasteiger partial charge in [0.05, 0.1) is 6.20 Å². The van der Waals surface area contributed by atoms with Crippen LogP contribution in [0.2, 0.25) is 0 Å². The number of aliphatic carboxylic acids is 1. The average Bonchev–Trinajstić information content (AvgIpc) is 2.58. The van der Waals surface area contributed by atoms with E-state index in [0.717, 1.165) is 0 Å². The summed E-state index contributed by atoms with van der Waals surface area (Å²) in [6.45, 7) is 0. The molecule has 0 aliphatic heterocycles. The van der Waals surface area contributed by atoms with Gasteiger partial charge >= 0.3 is 5.97 Å². The lowest BCUT2D eigenvalue weighted by Gasteiger charge is -2.10. The van der Waals surface area contributed by atoms with E-state index in [0.29, 0.717) is 17.0 Å². The van der Waals surface area contributed by atoms with Crippen LogP contribution in [0.15, 0.2) is 54.4 Å². The van der Waals surface area contributed by atoms with Crippen LogP contribution in [-0.2, 0) is 4.79 Å². The molecule has 0 saturated heterocycles. The number of rotatable bonds is 4. The highest BCUT2D eigenvalue weighted by atomic mass is 16.5. The van der Waals surface area contributed by atoms with Gasteiger partial charge in [-0.25, -0.2) is 15.6 Å². The number of nitrogens with one attached hydrogen (secondary N) is 1. The summed E-state index contributed by atoms with van der Waals surface area (Å²) in [5.41, 5.74) is 8.09. The van der Waals surface area contributed by atoms with Crippen LogP contribution in [-0.4, -0.2) is 21.0 Å². The molecule has 1 aromatic heterocycles. The van der Waals surface area contributed by atoms with Gasteiger partial charge in [0, 0.05) is 18.0 Å². The zero-order valence-corrected chi connectivity index (χ0v) is 11.9. The van der Waals surface area contributed by atoms with Gasteiger partial charge in [0.15, 0.2) is 5.70 Å². The monoisotopic (exact) mass is 311 g/mol. The van der Waals surface area contributed by atoms with Gasteiger partial charge in [-0.3, -0.25) is 10.4 Å². The van der Waals surface area contributed by atoms with E-state index in [-0.39, 0.29) is 5.88 Å². The Labute approximate surface area is 131 Å². The molecule has 0 bridgehead atoms. The van der Waals surface area contributed by atoms with E-state index in [2.05, 4.69) is 27.2 Å². The number of carboxylic acids is 1. The first-order valence-electron chi connectivity index (χ1n) is 6.35. The fourth-order valence-corrected chi connectivity index (χ4v) is 1.51. The second-order valence-corrected chi connectivity index (χ2v) is 4.16. The van der Waals surface area contributed by atoms with Crippen LogP contribution in [0, 0.1) is 11.8 Å². The van der Waals surface area contributed by atoms with Crippen LogP contribution in [0.4, 0.5) is 0 Å². The van der Waals surface area contributed by atoms with Crippen molar-refractivity contribution in [1.29, 1.82) is 0 Å². The highest BCUT2D eigenvalue weighted by Crippen LogP contribution is 2.15. The summed E-state index contributed by atoms with van der Waals surface area (Å²) < 4.78 is 5.32. The fourth-order valence-electron chi connectivity index (χ4n) is 1.51. The van der Waals surface area contributed by atoms with Crippen molar-refractivity contribution in [1.82, 2.24) is 15.4 Å². The van der Waals surface area contributed by atoms with Gasteiger partial charge in [-0.2, -0.15) is 0 Å². The van der Waals surface area contributed by atoms with Crippen LogP contribution in [0.3, 0.4) is 0 Å². The van der Waals surface area contributed by atoms with Crippen LogP contribution in [0.1, 0.15) is 11.3 Å². The lowest BCUT2D eigenvalue weighted by molar-refractivity contribution is -0.132. The Kier molecular flexibility index (Phi) is 5.12. The van der Waals surface area contributed by atoms with Crippen molar-refractivity contribution in [3.63, 3.8) is 0 Å². The Morgan fingerprint density at radius 2 is 2.13 bits per heavy atom. The van der Waals surface area contributed by atoms with Crippen molar-refractivity contribution in [3.8, 4) is 17.6 Å². The number of aromatic nitrogens is 2. The van der Waals surface area contributed by atoms with Gasteiger partial charge in [0.1, 0.15) is 11.4 Å². The predicted molar refractivity (Wildman–Crippen MR) is 81.3 cm³/mol. The van der Waals surface area contributed by atoms with Crippen molar-refractivity contribution >= 4 is 5.97 Å². The Morgan fingerprint density at radius 1 is 1.30 bits per heavy atom. The smallest absolute Gasteiger partial charge is 0.357 e. The number of nitrogens with zero attached hydrogens (tertiary/aromatic N) is 2. The van der Waals surface area contributed by atoms with Gasteiger partial charge in [0.2, 0.25) is 5.88 Å². The molecule has 0 saturated carbocycles. The molecule has 8 heteroatoms. The Bertz CT molecular complexity index is 794. The average molecular weight is 311 g/mol. The highest BCUT2D eigenvalue weighted by molar-refractivity contribution is 5.85. The molecule has 2 rings (SSSR count).